The molecule has 33 heavy (non-hydrogen) atoms. The molecule has 1 heterocycles. The Bertz CT molecular complexity index is 1460. The van der Waals surface area contributed by atoms with Crippen LogP contribution in [0.5, 0.6) is 5.75 Å². The van der Waals surface area contributed by atoms with E-state index in [1.54, 1.807) is 49.6 Å². The first-order valence-corrected chi connectivity index (χ1v) is 11.7. The molecule has 166 valence electrons. The minimum atomic E-state index is -0.482. The summed E-state index contributed by atoms with van der Waals surface area (Å²) in [5.74, 6) is 0.269. The first-order valence-electron chi connectivity index (χ1n) is 9.70. The van der Waals surface area contributed by atoms with E-state index in [-0.39, 0.29) is 5.91 Å². The Morgan fingerprint density at radius 3 is 2.61 bits per heavy atom. The number of rotatable bonds is 5. The van der Waals surface area contributed by atoms with E-state index in [0.717, 1.165) is 19.9 Å². The summed E-state index contributed by atoms with van der Waals surface area (Å²) < 4.78 is 12.4. The highest BCUT2D eigenvalue weighted by Gasteiger charge is 2.13. The number of para-hydroxylation sites is 1. The normalized spacial score (nSPS) is 11.2. The van der Waals surface area contributed by atoms with Gasteiger partial charge in [-0.15, -0.1) is 0 Å². The number of nitrogens with one attached hydrogen (secondary N) is 1. The number of methoxy groups -OCH3 is 1. The van der Waals surface area contributed by atoms with Crippen LogP contribution < -0.4 is 15.7 Å². The fourth-order valence-electron chi connectivity index (χ4n) is 3.33. The van der Waals surface area contributed by atoms with Crippen LogP contribution in [-0.4, -0.2) is 13.0 Å². The van der Waals surface area contributed by atoms with Crippen LogP contribution in [0, 0.1) is 0 Å². The number of halogens is 3. The molecule has 0 saturated heterocycles. The first kappa shape index (κ1) is 23.3. The molecule has 4 aromatic rings. The number of anilines is 1. The summed E-state index contributed by atoms with van der Waals surface area (Å²) in [4.78, 5) is 24.9. The fourth-order valence-corrected chi connectivity index (χ4v) is 5.03. The summed E-state index contributed by atoms with van der Waals surface area (Å²) in [6, 6.07) is 17.6. The molecule has 0 fully saturated rings. The van der Waals surface area contributed by atoms with Crippen molar-refractivity contribution in [3.63, 3.8) is 0 Å². The maximum absolute atomic E-state index is 12.5. The zero-order valence-corrected chi connectivity index (χ0v) is 21.1. The van der Waals surface area contributed by atoms with Gasteiger partial charge in [-0.3, -0.25) is 4.79 Å². The van der Waals surface area contributed by atoms with E-state index in [1.807, 2.05) is 24.3 Å². The highest BCUT2D eigenvalue weighted by molar-refractivity contribution is 9.11. The minimum Gasteiger partial charge on any atom is -0.495 e. The van der Waals surface area contributed by atoms with Crippen LogP contribution in [0.25, 0.3) is 28.2 Å². The van der Waals surface area contributed by atoms with Gasteiger partial charge in [-0.25, -0.2) is 4.79 Å². The van der Waals surface area contributed by atoms with Gasteiger partial charge in [0.25, 0.3) is 0 Å². The zero-order chi connectivity index (χ0) is 23.5. The van der Waals surface area contributed by atoms with Crippen LogP contribution in [-0.2, 0) is 4.79 Å². The smallest absolute Gasteiger partial charge is 0.344 e. The first-order chi connectivity index (χ1) is 15.9. The van der Waals surface area contributed by atoms with Gasteiger partial charge in [0.15, 0.2) is 0 Å². The van der Waals surface area contributed by atoms with Gasteiger partial charge in [0.1, 0.15) is 11.3 Å². The second-order valence-electron chi connectivity index (χ2n) is 7.01. The zero-order valence-electron chi connectivity index (χ0n) is 17.2. The van der Waals surface area contributed by atoms with E-state index in [0.29, 0.717) is 33.2 Å². The van der Waals surface area contributed by atoms with Crippen LogP contribution in [0.15, 0.2) is 84.9 Å². The number of carbonyl (C=O) groups excluding carboxylic acids is 1. The van der Waals surface area contributed by atoms with E-state index in [4.69, 9.17) is 20.8 Å². The summed E-state index contributed by atoms with van der Waals surface area (Å²) in [7, 11) is 1.56. The molecule has 8 heteroatoms. The van der Waals surface area contributed by atoms with E-state index in [9.17, 15) is 9.59 Å². The maximum atomic E-state index is 12.5. The number of fused-ring (bicyclic) bond motifs is 1. The lowest BCUT2D eigenvalue weighted by Crippen LogP contribution is -2.08. The Kier molecular flexibility index (Phi) is 7.02. The van der Waals surface area contributed by atoms with E-state index in [1.165, 1.54) is 6.08 Å². The van der Waals surface area contributed by atoms with Gasteiger partial charge in [-0.2, -0.15) is 0 Å². The molecule has 0 spiro atoms. The maximum Gasteiger partial charge on any atom is 0.344 e. The van der Waals surface area contributed by atoms with Gasteiger partial charge < -0.3 is 14.5 Å². The highest BCUT2D eigenvalue weighted by atomic mass is 79.9. The SMILES string of the molecule is COc1c(Br)cc(Br)cc1/C=C/C(=O)Nc1ccc(-c2cc3ccccc3oc2=O)c(Cl)c1. The molecule has 4 rings (SSSR count). The largest absolute Gasteiger partial charge is 0.495 e. The average Bonchev–Trinajstić information content (AvgIpc) is 2.77. The Morgan fingerprint density at radius 1 is 1.06 bits per heavy atom. The molecule has 0 atom stereocenters. The van der Waals surface area contributed by atoms with Gasteiger partial charge in [0.05, 0.1) is 22.2 Å². The van der Waals surface area contributed by atoms with Crippen molar-refractivity contribution in [3.8, 4) is 16.9 Å². The fraction of sp³-hybridized carbons (Fsp3) is 0.0400. The second-order valence-corrected chi connectivity index (χ2v) is 9.19. The molecular formula is C25H16Br2ClNO4. The highest BCUT2D eigenvalue weighted by Crippen LogP contribution is 2.34. The molecule has 0 saturated carbocycles. The molecule has 1 aromatic heterocycles. The molecule has 0 aliphatic rings. The molecule has 3 aromatic carbocycles. The lowest BCUT2D eigenvalue weighted by Gasteiger charge is -2.09. The van der Waals surface area contributed by atoms with Crippen LogP contribution in [0.4, 0.5) is 5.69 Å². The summed E-state index contributed by atoms with van der Waals surface area (Å²) in [5, 5.41) is 3.88. The lowest BCUT2D eigenvalue weighted by molar-refractivity contribution is -0.111. The molecule has 5 nitrogen and oxygen atoms in total. The number of amides is 1. The topological polar surface area (TPSA) is 68.5 Å². The number of ether oxygens (including phenoxy) is 1. The van der Waals surface area contributed by atoms with E-state index >= 15 is 0 Å². The van der Waals surface area contributed by atoms with Crippen molar-refractivity contribution in [2.75, 3.05) is 12.4 Å². The van der Waals surface area contributed by atoms with Crippen molar-refractivity contribution >= 4 is 72.1 Å². The van der Waals surface area contributed by atoms with Crippen molar-refractivity contribution in [2.24, 2.45) is 0 Å². The minimum absolute atomic E-state index is 0.317. The van der Waals surface area contributed by atoms with Gasteiger partial charge in [0.2, 0.25) is 5.91 Å². The molecule has 1 amide bonds. The van der Waals surface area contributed by atoms with Gasteiger partial charge in [-0.05, 0) is 58.4 Å². The molecule has 0 aliphatic carbocycles. The average molecular weight is 590 g/mol. The Morgan fingerprint density at radius 2 is 1.85 bits per heavy atom. The molecule has 0 radical (unpaired) electrons. The number of hydrogen-bond acceptors (Lipinski definition) is 4. The second kappa shape index (κ2) is 9.95. The molecule has 0 bridgehead atoms. The van der Waals surface area contributed by atoms with Crippen LogP contribution in [0.1, 0.15) is 5.56 Å². The summed E-state index contributed by atoms with van der Waals surface area (Å²) in [6.45, 7) is 0. The van der Waals surface area contributed by atoms with Gasteiger partial charge in [0, 0.05) is 32.7 Å². The summed E-state index contributed by atoms with van der Waals surface area (Å²) in [6.07, 6.45) is 3.05. The number of carbonyl (C=O) groups is 1. The van der Waals surface area contributed by atoms with Crippen molar-refractivity contribution in [1.29, 1.82) is 0 Å². The third kappa shape index (κ3) is 5.21. The van der Waals surface area contributed by atoms with Crippen LogP contribution in [0.3, 0.4) is 0 Å². The molecule has 1 N–H and O–H groups in total. The van der Waals surface area contributed by atoms with Gasteiger partial charge >= 0.3 is 5.63 Å². The Hall–Kier alpha value is -2.87. The lowest BCUT2D eigenvalue weighted by atomic mass is 10.1. The number of benzene rings is 3. The Balaban J connectivity index is 1.56. The standard InChI is InChI=1S/C25H16Br2ClNO4/c1-32-24-15(10-16(26)12-20(24)27)6-9-23(30)29-17-7-8-18(21(28)13-17)19-11-14-4-2-3-5-22(14)33-25(19)31/h2-13H,1H3,(H,29,30)/b9-6+. The van der Waals surface area contributed by atoms with E-state index < -0.39 is 5.63 Å². The van der Waals surface area contributed by atoms with Crippen molar-refractivity contribution in [1.82, 2.24) is 0 Å². The molecular weight excluding hydrogens is 574 g/mol. The van der Waals surface area contributed by atoms with Crippen molar-refractivity contribution in [3.05, 3.63) is 96.7 Å². The number of hydrogen-bond donors (Lipinski definition) is 1. The Labute approximate surface area is 211 Å². The predicted molar refractivity (Wildman–Crippen MR) is 139 cm³/mol. The van der Waals surface area contributed by atoms with Gasteiger partial charge in [-0.1, -0.05) is 51.8 Å². The molecule has 0 aliphatic heterocycles. The van der Waals surface area contributed by atoms with Crippen LogP contribution in [0.2, 0.25) is 5.02 Å². The summed E-state index contributed by atoms with van der Waals surface area (Å²) >= 11 is 13.3. The summed E-state index contributed by atoms with van der Waals surface area (Å²) in [5.41, 5.74) is 2.12. The monoisotopic (exact) mass is 587 g/mol. The third-order valence-electron chi connectivity index (χ3n) is 4.82. The third-order valence-corrected chi connectivity index (χ3v) is 6.18. The van der Waals surface area contributed by atoms with Crippen molar-refractivity contribution in [2.45, 2.75) is 0 Å². The van der Waals surface area contributed by atoms with Crippen molar-refractivity contribution < 1.29 is 13.9 Å². The van der Waals surface area contributed by atoms with E-state index in [2.05, 4.69) is 37.2 Å². The molecule has 0 unspecified atom stereocenters. The predicted octanol–water partition coefficient (Wildman–Crippen LogP) is 7.30. The van der Waals surface area contributed by atoms with Crippen LogP contribution >= 0.6 is 43.5 Å². The quantitative estimate of drug-likeness (QED) is 0.196.